The van der Waals surface area contributed by atoms with Crippen molar-refractivity contribution in [3.05, 3.63) is 71.7 Å². The normalized spacial score (nSPS) is 10.6. The minimum Gasteiger partial charge on any atom is -0.349 e. The first-order chi connectivity index (χ1) is 13.4. The van der Waals surface area contributed by atoms with Crippen LogP contribution < -0.4 is 0 Å². The molecule has 0 bridgehead atoms. The number of aliphatic imine (C=N–C) groups is 1. The predicted molar refractivity (Wildman–Crippen MR) is 110 cm³/mol. The zero-order valence-corrected chi connectivity index (χ0v) is 16.7. The van der Waals surface area contributed by atoms with Gasteiger partial charge in [0.15, 0.2) is 0 Å². The van der Waals surface area contributed by atoms with Crippen LogP contribution in [-0.4, -0.2) is 49.1 Å². The van der Waals surface area contributed by atoms with E-state index in [2.05, 4.69) is 10.1 Å². The molecule has 28 heavy (non-hydrogen) atoms. The summed E-state index contributed by atoms with van der Waals surface area (Å²) in [6.07, 6.45) is 1.57. The lowest BCUT2D eigenvalue weighted by atomic mass is 10.0. The van der Waals surface area contributed by atoms with Crippen LogP contribution in [-0.2, 0) is 12.8 Å². The van der Waals surface area contributed by atoms with Crippen molar-refractivity contribution in [1.29, 1.82) is 0 Å². The third-order valence-corrected chi connectivity index (χ3v) is 4.37. The van der Waals surface area contributed by atoms with Crippen LogP contribution in [0, 0.1) is 5.82 Å². The van der Waals surface area contributed by atoms with E-state index in [1.165, 1.54) is 6.07 Å². The molecule has 0 amide bonds. The summed E-state index contributed by atoms with van der Waals surface area (Å²) in [5, 5.41) is 4.11. The van der Waals surface area contributed by atoms with Gasteiger partial charge >= 0.3 is 0 Å². The van der Waals surface area contributed by atoms with Crippen LogP contribution in [0.5, 0.6) is 0 Å². The van der Waals surface area contributed by atoms with E-state index in [9.17, 15) is 4.39 Å². The Balaban J connectivity index is 1.64. The highest BCUT2D eigenvalue weighted by atomic mass is 19.1. The van der Waals surface area contributed by atoms with E-state index >= 15 is 0 Å². The molecule has 0 spiro atoms. The number of guanidine groups is 1. The number of aryl methyl sites for hydroxylation is 2. The molecule has 0 radical (unpaired) electrons. The summed E-state index contributed by atoms with van der Waals surface area (Å²) in [5.41, 5.74) is 3.51. The van der Waals surface area contributed by atoms with Crippen LogP contribution in [0.25, 0.3) is 11.1 Å². The zero-order valence-electron chi connectivity index (χ0n) is 16.7. The molecule has 0 unspecified atom stereocenters. The van der Waals surface area contributed by atoms with Crippen molar-refractivity contribution >= 4 is 11.8 Å². The highest BCUT2D eigenvalue weighted by Crippen LogP contribution is 2.23. The van der Waals surface area contributed by atoms with Crippen molar-refractivity contribution in [3.63, 3.8) is 0 Å². The van der Waals surface area contributed by atoms with Crippen molar-refractivity contribution in [2.45, 2.75) is 12.8 Å². The van der Waals surface area contributed by atoms with Crippen LogP contribution in [0.4, 0.5) is 10.3 Å². The molecular formula is C22H25FN4O. The van der Waals surface area contributed by atoms with Gasteiger partial charge in [-0.1, -0.05) is 47.6 Å². The summed E-state index contributed by atoms with van der Waals surface area (Å²) in [7, 11) is 7.73. The summed E-state index contributed by atoms with van der Waals surface area (Å²) in [5.74, 6) is 1.06. The van der Waals surface area contributed by atoms with E-state index in [4.69, 9.17) is 4.52 Å². The van der Waals surface area contributed by atoms with Gasteiger partial charge in [-0.3, -0.25) is 0 Å². The van der Waals surface area contributed by atoms with Gasteiger partial charge in [0, 0.05) is 39.8 Å². The van der Waals surface area contributed by atoms with Crippen molar-refractivity contribution in [2.24, 2.45) is 4.99 Å². The number of halogens is 1. The highest BCUT2D eigenvalue weighted by molar-refractivity contribution is 5.81. The monoisotopic (exact) mass is 380 g/mol. The number of rotatable bonds is 5. The van der Waals surface area contributed by atoms with Gasteiger partial charge in [0.2, 0.25) is 5.96 Å². The number of hydrogen-bond donors (Lipinski definition) is 0. The predicted octanol–water partition coefficient (Wildman–Crippen LogP) is 4.38. The third kappa shape index (κ3) is 4.76. The number of aromatic nitrogens is 1. The largest absolute Gasteiger partial charge is 0.349 e. The lowest BCUT2D eigenvalue weighted by Crippen LogP contribution is -2.35. The second-order valence-corrected chi connectivity index (χ2v) is 7.03. The topological polar surface area (TPSA) is 44.9 Å². The van der Waals surface area contributed by atoms with Gasteiger partial charge < -0.3 is 14.3 Å². The van der Waals surface area contributed by atoms with Crippen LogP contribution in [0.3, 0.4) is 0 Å². The summed E-state index contributed by atoms with van der Waals surface area (Å²) >= 11 is 0. The van der Waals surface area contributed by atoms with Gasteiger partial charge in [-0.25, -0.2) is 4.39 Å². The van der Waals surface area contributed by atoms with E-state index in [1.807, 2.05) is 74.4 Å². The Hall–Kier alpha value is -3.15. The lowest BCUT2D eigenvalue weighted by molar-refractivity contribution is 0.415. The standard InChI is InChI=1S/C22H25FN4O/c1-26(2)22(27(3)4)24-21-15-18(25-28-21)14-11-16-9-12-17(13-10-16)19-7-5-6-8-20(19)23/h5-10,12-13,15H,11,14H2,1-4H3. The summed E-state index contributed by atoms with van der Waals surface area (Å²) in [6, 6.07) is 16.6. The Morgan fingerprint density at radius 1 is 0.964 bits per heavy atom. The molecule has 0 aliphatic heterocycles. The average molecular weight is 380 g/mol. The summed E-state index contributed by atoms with van der Waals surface area (Å²) in [4.78, 5) is 8.32. The van der Waals surface area contributed by atoms with E-state index in [0.29, 0.717) is 11.4 Å². The fraction of sp³-hybridized carbons (Fsp3) is 0.273. The zero-order chi connectivity index (χ0) is 20.1. The van der Waals surface area contributed by atoms with Gasteiger partial charge in [0.25, 0.3) is 5.88 Å². The quantitative estimate of drug-likeness (QED) is 0.487. The second-order valence-electron chi connectivity index (χ2n) is 7.03. The maximum atomic E-state index is 13.9. The minimum absolute atomic E-state index is 0.208. The van der Waals surface area contributed by atoms with E-state index in [1.54, 1.807) is 12.1 Å². The summed E-state index contributed by atoms with van der Waals surface area (Å²) in [6.45, 7) is 0. The molecule has 1 aromatic heterocycles. The molecule has 0 aliphatic rings. The molecule has 1 heterocycles. The molecule has 2 aromatic carbocycles. The number of hydrogen-bond acceptors (Lipinski definition) is 3. The van der Waals surface area contributed by atoms with Crippen molar-refractivity contribution < 1.29 is 8.91 Å². The van der Waals surface area contributed by atoms with Crippen LogP contribution >= 0.6 is 0 Å². The fourth-order valence-corrected chi connectivity index (χ4v) is 2.99. The van der Waals surface area contributed by atoms with E-state index in [0.717, 1.165) is 35.6 Å². The Bertz CT molecular complexity index is 935. The van der Waals surface area contributed by atoms with Crippen LogP contribution in [0.1, 0.15) is 11.3 Å². The molecule has 0 saturated carbocycles. The van der Waals surface area contributed by atoms with Gasteiger partial charge in [-0.05, 0) is 30.0 Å². The second kappa shape index (κ2) is 8.69. The Morgan fingerprint density at radius 2 is 1.64 bits per heavy atom. The smallest absolute Gasteiger partial charge is 0.253 e. The number of benzene rings is 2. The molecule has 0 aliphatic carbocycles. The first-order valence-corrected chi connectivity index (χ1v) is 9.17. The lowest BCUT2D eigenvalue weighted by Gasteiger charge is -2.21. The molecule has 0 N–H and O–H groups in total. The molecular weight excluding hydrogens is 355 g/mol. The summed E-state index contributed by atoms with van der Waals surface area (Å²) < 4.78 is 19.2. The Kier molecular flexibility index (Phi) is 6.09. The highest BCUT2D eigenvalue weighted by Gasteiger charge is 2.09. The molecule has 5 nitrogen and oxygen atoms in total. The fourth-order valence-electron chi connectivity index (χ4n) is 2.99. The molecule has 3 rings (SSSR count). The Morgan fingerprint density at radius 3 is 2.29 bits per heavy atom. The molecule has 146 valence electrons. The van der Waals surface area contributed by atoms with E-state index < -0.39 is 0 Å². The molecule has 0 saturated heterocycles. The first-order valence-electron chi connectivity index (χ1n) is 9.17. The maximum Gasteiger partial charge on any atom is 0.253 e. The Labute approximate surface area is 165 Å². The molecule has 0 fully saturated rings. The van der Waals surface area contributed by atoms with Crippen molar-refractivity contribution in [3.8, 4) is 11.1 Å². The van der Waals surface area contributed by atoms with E-state index in [-0.39, 0.29) is 5.82 Å². The molecule has 0 atom stereocenters. The van der Waals surface area contributed by atoms with Crippen LogP contribution in [0.15, 0.2) is 64.1 Å². The maximum absolute atomic E-state index is 13.9. The number of nitrogens with zero attached hydrogens (tertiary/aromatic N) is 4. The van der Waals surface area contributed by atoms with Crippen LogP contribution in [0.2, 0.25) is 0 Å². The average Bonchev–Trinajstić information content (AvgIpc) is 3.12. The minimum atomic E-state index is -0.208. The SMILES string of the molecule is CN(C)C(=Nc1cc(CCc2ccc(-c3ccccc3F)cc2)no1)N(C)C. The molecule has 6 heteroatoms. The third-order valence-electron chi connectivity index (χ3n) is 4.37. The van der Waals surface area contributed by atoms with Gasteiger partial charge in [0.05, 0.1) is 5.69 Å². The van der Waals surface area contributed by atoms with Gasteiger partial charge in [-0.2, -0.15) is 4.99 Å². The first kappa shape index (κ1) is 19.6. The van der Waals surface area contributed by atoms with Crippen molar-refractivity contribution in [1.82, 2.24) is 15.0 Å². The van der Waals surface area contributed by atoms with Crippen molar-refractivity contribution in [2.75, 3.05) is 28.2 Å². The van der Waals surface area contributed by atoms with Gasteiger partial charge in [-0.15, -0.1) is 0 Å². The molecule has 3 aromatic rings. The van der Waals surface area contributed by atoms with Gasteiger partial charge in [0.1, 0.15) is 5.82 Å².